The molecule has 2 atom stereocenters. The van der Waals surface area contributed by atoms with Crippen LogP contribution in [0.4, 0.5) is 10.1 Å². The fourth-order valence-corrected chi connectivity index (χ4v) is 4.72. The minimum Gasteiger partial charge on any atom is -0.494 e. The summed E-state index contributed by atoms with van der Waals surface area (Å²) < 4.78 is 26.6. The van der Waals surface area contributed by atoms with Gasteiger partial charge in [0.15, 0.2) is 0 Å². The zero-order valence-corrected chi connectivity index (χ0v) is 21.6. The van der Waals surface area contributed by atoms with Crippen LogP contribution in [0.5, 0.6) is 5.75 Å². The molecule has 5 rings (SSSR count). The fraction of sp³-hybridized carbons (Fsp3) is 0.310. The van der Waals surface area contributed by atoms with Gasteiger partial charge in [0, 0.05) is 18.8 Å². The van der Waals surface area contributed by atoms with Gasteiger partial charge in [0.2, 0.25) is 11.8 Å². The molecule has 1 aromatic heterocycles. The third kappa shape index (κ3) is 6.06. The number of nitrogens with one attached hydrogen (secondary N) is 1. The van der Waals surface area contributed by atoms with E-state index in [1.807, 2.05) is 31.2 Å². The number of anilines is 1. The maximum atomic E-state index is 14.0. The molecule has 4 aromatic rings. The van der Waals surface area contributed by atoms with E-state index in [2.05, 4.69) is 15.6 Å². The predicted molar refractivity (Wildman–Crippen MR) is 144 cm³/mol. The maximum absolute atomic E-state index is 14.0. The zero-order chi connectivity index (χ0) is 27.2. The Bertz CT molecular complexity index is 1420. The number of halogens is 1. The summed E-state index contributed by atoms with van der Waals surface area (Å²) in [7, 11) is 0. The third-order valence-corrected chi connectivity index (χ3v) is 6.62. The SMILES string of the molecule is CCOc1ccc(C(C(=O)NCC2CCCO2)N(C(=O)Cn2nnc3ccccc32)c2ccc(F)cc2)cc1. The number of carbonyl (C=O) groups is 2. The molecule has 0 saturated carbocycles. The van der Waals surface area contributed by atoms with Crippen LogP contribution < -0.4 is 15.0 Å². The molecule has 3 aromatic carbocycles. The number of hydrogen-bond donors (Lipinski definition) is 1. The summed E-state index contributed by atoms with van der Waals surface area (Å²) >= 11 is 0. The number of ether oxygens (including phenoxy) is 2. The number of carbonyl (C=O) groups excluding carboxylic acids is 2. The minimum absolute atomic E-state index is 0.0774. The normalized spacial score (nSPS) is 15.7. The van der Waals surface area contributed by atoms with Gasteiger partial charge >= 0.3 is 0 Å². The first-order valence-corrected chi connectivity index (χ1v) is 13.0. The molecule has 1 N–H and O–H groups in total. The molecule has 1 fully saturated rings. The fourth-order valence-electron chi connectivity index (χ4n) is 4.72. The number of aromatic nitrogens is 3. The lowest BCUT2D eigenvalue weighted by molar-refractivity contribution is -0.127. The van der Waals surface area contributed by atoms with E-state index in [0.717, 1.165) is 12.8 Å². The second kappa shape index (κ2) is 12.0. The van der Waals surface area contributed by atoms with E-state index in [1.165, 1.54) is 33.8 Å². The number of fused-ring (bicyclic) bond motifs is 1. The van der Waals surface area contributed by atoms with Gasteiger partial charge in [-0.2, -0.15) is 0 Å². The van der Waals surface area contributed by atoms with E-state index in [4.69, 9.17) is 9.47 Å². The predicted octanol–water partition coefficient (Wildman–Crippen LogP) is 4.04. The molecule has 2 unspecified atom stereocenters. The van der Waals surface area contributed by atoms with E-state index in [9.17, 15) is 14.0 Å². The van der Waals surface area contributed by atoms with Gasteiger partial charge in [-0.15, -0.1) is 5.10 Å². The van der Waals surface area contributed by atoms with Crippen molar-refractivity contribution in [3.05, 3.63) is 84.2 Å². The molecule has 39 heavy (non-hydrogen) atoms. The van der Waals surface area contributed by atoms with Crippen LogP contribution in [-0.4, -0.2) is 52.7 Å². The van der Waals surface area contributed by atoms with Gasteiger partial charge in [-0.25, -0.2) is 9.07 Å². The monoisotopic (exact) mass is 531 g/mol. The lowest BCUT2D eigenvalue weighted by Crippen LogP contribution is -2.46. The molecular weight excluding hydrogens is 501 g/mol. The van der Waals surface area contributed by atoms with Crippen molar-refractivity contribution in [2.24, 2.45) is 0 Å². The Balaban J connectivity index is 1.52. The molecule has 0 bridgehead atoms. The van der Waals surface area contributed by atoms with Crippen molar-refractivity contribution in [2.75, 3.05) is 24.7 Å². The lowest BCUT2D eigenvalue weighted by Gasteiger charge is -2.32. The smallest absolute Gasteiger partial charge is 0.249 e. The highest BCUT2D eigenvalue weighted by atomic mass is 19.1. The van der Waals surface area contributed by atoms with Gasteiger partial charge in [0.1, 0.15) is 29.7 Å². The zero-order valence-electron chi connectivity index (χ0n) is 21.6. The molecule has 1 aliphatic rings. The van der Waals surface area contributed by atoms with Crippen molar-refractivity contribution in [3.63, 3.8) is 0 Å². The van der Waals surface area contributed by atoms with Gasteiger partial charge in [0.05, 0.1) is 18.2 Å². The summed E-state index contributed by atoms with van der Waals surface area (Å²) in [6, 6.07) is 18.8. The van der Waals surface area contributed by atoms with E-state index >= 15 is 0 Å². The van der Waals surface area contributed by atoms with Crippen molar-refractivity contribution in [2.45, 2.75) is 38.5 Å². The van der Waals surface area contributed by atoms with Gasteiger partial charge in [0.25, 0.3) is 0 Å². The van der Waals surface area contributed by atoms with Crippen LogP contribution in [-0.2, 0) is 20.9 Å². The molecule has 10 heteroatoms. The van der Waals surface area contributed by atoms with Gasteiger partial charge in [-0.05, 0) is 73.9 Å². The molecule has 0 aliphatic carbocycles. The molecule has 9 nitrogen and oxygen atoms in total. The number of benzene rings is 3. The summed E-state index contributed by atoms with van der Waals surface area (Å²) in [4.78, 5) is 29.2. The van der Waals surface area contributed by atoms with Crippen molar-refractivity contribution < 1.29 is 23.5 Å². The Hall–Kier alpha value is -4.31. The maximum Gasteiger partial charge on any atom is 0.249 e. The van der Waals surface area contributed by atoms with Crippen molar-refractivity contribution in [3.8, 4) is 5.75 Å². The summed E-state index contributed by atoms with van der Waals surface area (Å²) in [6.45, 7) is 3.19. The number of para-hydroxylation sites is 1. The number of rotatable bonds is 10. The second-order valence-electron chi connectivity index (χ2n) is 9.26. The average Bonchev–Trinajstić information content (AvgIpc) is 3.62. The summed E-state index contributed by atoms with van der Waals surface area (Å²) in [5.41, 5.74) is 2.28. The van der Waals surface area contributed by atoms with E-state index in [0.29, 0.717) is 47.8 Å². The van der Waals surface area contributed by atoms with Crippen molar-refractivity contribution in [1.29, 1.82) is 0 Å². The van der Waals surface area contributed by atoms with Crippen LogP contribution in [0.25, 0.3) is 11.0 Å². The van der Waals surface area contributed by atoms with Crippen LogP contribution >= 0.6 is 0 Å². The molecule has 202 valence electrons. The first-order chi connectivity index (χ1) is 19.0. The third-order valence-electron chi connectivity index (χ3n) is 6.62. The van der Waals surface area contributed by atoms with Gasteiger partial charge in [-0.3, -0.25) is 14.5 Å². The minimum atomic E-state index is -1.05. The highest BCUT2D eigenvalue weighted by Gasteiger charge is 2.34. The van der Waals surface area contributed by atoms with Crippen LogP contribution in [0.3, 0.4) is 0 Å². The number of amides is 2. The Morgan fingerprint density at radius 2 is 1.90 bits per heavy atom. The van der Waals surface area contributed by atoms with Crippen LogP contribution in [0.15, 0.2) is 72.8 Å². The summed E-state index contributed by atoms with van der Waals surface area (Å²) in [5, 5.41) is 11.3. The number of nitrogens with zero attached hydrogens (tertiary/aromatic N) is 4. The van der Waals surface area contributed by atoms with Crippen molar-refractivity contribution >= 4 is 28.5 Å². The van der Waals surface area contributed by atoms with Gasteiger partial charge in [-0.1, -0.05) is 29.5 Å². The average molecular weight is 532 g/mol. The highest BCUT2D eigenvalue weighted by Crippen LogP contribution is 2.30. The topological polar surface area (TPSA) is 98.6 Å². The molecule has 0 spiro atoms. The van der Waals surface area contributed by atoms with Crippen LogP contribution in [0, 0.1) is 5.82 Å². The molecular formula is C29H30FN5O4. The Morgan fingerprint density at radius 3 is 2.62 bits per heavy atom. The number of hydrogen-bond acceptors (Lipinski definition) is 6. The van der Waals surface area contributed by atoms with Crippen LogP contribution in [0.1, 0.15) is 31.4 Å². The second-order valence-corrected chi connectivity index (χ2v) is 9.26. The Kier molecular flexibility index (Phi) is 8.12. The molecule has 2 amide bonds. The standard InChI is InChI=1S/C29H30FN5O4/c1-2-38-23-15-9-20(10-16-23)28(29(37)31-18-24-6-5-17-39-24)35(22-13-11-21(30)12-14-22)27(36)19-34-26-8-4-3-7-25(26)32-33-34/h3-4,7-16,24,28H,2,5-6,17-19H2,1H3,(H,31,37). The quantitative estimate of drug-likeness (QED) is 0.332. The largest absolute Gasteiger partial charge is 0.494 e. The molecule has 1 aliphatic heterocycles. The summed E-state index contributed by atoms with van der Waals surface area (Å²) in [6.07, 6.45) is 1.72. The lowest BCUT2D eigenvalue weighted by atomic mass is 10.0. The molecule has 1 saturated heterocycles. The van der Waals surface area contributed by atoms with E-state index < -0.39 is 17.8 Å². The van der Waals surface area contributed by atoms with Crippen molar-refractivity contribution in [1.82, 2.24) is 20.3 Å². The van der Waals surface area contributed by atoms with Gasteiger partial charge < -0.3 is 14.8 Å². The summed E-state index contributed by atoms with van der Waals surface area (Å²) in [5.74, 6) is -0.596. The Morgan fingerprint density at radius 1 is 1.13 bits per heavy atom. The first kappa shape index (κ1) is 26.3. The molecule has 0 radical (unpaired) electrons. The van der Waals surface area contributed by atoms with E-state index in [-0.39, 0.29) is 18.6 Å². The molecule has 2 heterocycles. The van der Waals surface area contributed by atoms with Crippen LogP contribution in [0.2, 0.25) is 0 Å². The first-order valence-electron chi connectivity index (χ1n) is 13.0. The Labute approximate surface area is 225 Å². The van der Waals surface area contributed by atoms with E-state index in [1.54, 1.807) is 24.3 Å². The highest BCUT2D eigenvalue weighted by molar-refractivity contribution is 6.01.